The van der Waals surface area contributed by atoms with Gasteiger partial charge in [0.2, 0.25) is 11.7 Å². The number of aromatic nitrogens is 4. The van der Waals surface area contributed by atoms with Crippen molar-refractivity contribution in [3.8, 4) is 11.4 Å². The molecule has 0 saturated carbocycles. The van der Waals surface area contributed by atoms with Gasteiger partial charge in [-0.1, -0.05) is 37.1 Å². The van der Waals surface area contributed by atoms with Crippen LogP contribution in [0.2, 0.25) is 0 Å². The van der Waals surface area contributed by atoms with Crippen LogP contribution in [0.1, 0.15) is 31.2 Å². The lowest BCUT2D eigenvalue weighted by molar-refractivity contribution is -0.132. The second kappa shape index (κ2) is 6.68. The fraction of sp³-hybridized carbons (Fsp3) is 0.500. The summed E-state index contributed by atoms with van der Waals surface area (Å²) in [5, 5.41) is 12.4. The molecule has 1 aliphatic heterocycles. The molecule has 1 aromatic heterocycles. The minimum absolute atomic E-state index is 0.0793. The molecule has 2 heterocycles. The zero-order valence-corrected chi connectivity index (χ0v) is 12.9. The number of aryl methyl sites for hydroxylation is 1. The van der Waals surface area contributed by atoms with E-state index in [4.69, 9.17) is 0 Å². The van der Waals surface area contributed by atoms with E-state index in [1.807, 2.05) is 36.1 Å². The van der Waals surface area contributed by atoms with Gasteiger partial charge in [-0.25, -0.2) is 0 Å². The maximum atomic E-state index is 12.3. The summed E-state index contributed by atoms with van der Waals surface area (Å²) in [7, 11) is 0. The number of rotatable bonds is 3. The summed E-state index contributed by atoms with van der Waals surface area (Å²) in [5.41, 5.74) is 2.05. The molecule has 22 heavy (non-hydrogen) atoms. The van der Waals surface area contributed by atoms with E-state index in [2.05, 4.69) is 15.4 Å². The van der Waals surface area contributed by atoms with Gasteiger partial charge < -0.3 is 4.90 Å². The fourth-order valence-corrected chi connectivity index (χ4v) is 2.78. The van der Waals surface area contributed by atoms with Crippen LogP contribution in [0.15, 0.2) is 24.3 Å². The van der Waals surface area contributed by atoms with E-state index in [-0.39, 0.29) is 12.5 Å². The van der Waals surface area contributed by atoms with Gasteiger partial charge in [-0.2, -0.15) is 4.80 Å². The number of tetrazole rings is 1. The molecule has 3 rings (SSSR count). The Bertz CT molecular complexity index is 643. The summed E-state index contributed by atoms with van der Waals surface area (Å²) >= 11 is 0. The highest BCUT2D eigenvalue weighted by Gasteiger charge is 2.17. The van der Waals surface area contributed by atoms with Gasteiger partial charge in [0, 0.05) is 18.7 Å². The van der Waals surface area contributed by atoms with Gasteiger partial charge in [-0.3, -0.25) is 4.79 Å². The second-order valence-electron chi connectivity index (χ2n) is 5.75. The molecule has 0 aliphatic carbocycles. The number of nitrogens with zero attached hydrogens (tertiary/aromatic N) is 5. The quantitative estimate of drug-likeness (QED) is 0.870. The van der Waals surface area contributed by atoms with Crippen molar-refractivity contribution in [1.29, 1.82) is 0 Å². The van der Waals surface area contributed by atoms with E-state index < -0.39 is 0 Å². The number of carbonyl (C=O) groups is 1. The zero-order chi connectivity index (χ0) is 15.4. The van der Waals surface area contributed by atoms with E-state index in [1.165, 1.54) is 17.6 Å². The molecule has 1 aromatic carbocycles. The van der Waals surface area contributed by atoms with E-state index in [0.29, 0.717) is 5.82 Å². The van der Waals surface area contributed by atoms with Gasteiger partial charge in [0.1, 0.15) is 6.54 Å². The minimum atomic E-state index is 0.0793. The molecule has 0 radical (unpaired) electrons. The van der Waals surface area contributed by atoms with Crippen LogP contribution in [0.25, 0.3) is 11.4 Å². The van der Waals surface area contributed by atoms with Crippen LogP contribution >= 0.6 is 0 Å². The van der Waals surface area contributed by atoms with Gasteiger partial charge >= 0.3 is 0 Å². The lowest BCUT2D eigenvalue weighted by Gasteiger charge is -2.19. The van der Waals surface area contributed by atoms with E-state index in [0.717, 1.165) is 37.1 Å². The second-order valence-corrected chi connectivity index (χ2v) is 5.75. The van der Waals surface area contributed by atoms with Gasteiger partial charge in [-0.05, 0) is 30.5 Å². The molecule has 6 nitrogen and oxygen atoms in total. The molecule has 1 amide bonds. The van der Waals surface area contributed by atoms with Crippen molar-refractivity contribution in [2.24, 2.45) is 0 Å². The molecule has 0 bridgehead atoms. The summed E-state index contributed by atoms with van der Waals surface area (Å²) < 4.78 is 0. The highest BCUT2D eigenvalue weighted by atomic mass is 16.2. The Morgan fingerprint density at radius 3 is 2.59 bits per heavy atom. The summed E-state index contributed by atoms with van der Waals surface area (Å²) in [6.07, 6.45) is 4.60. The molecule has 0 atom stereocenters. The number of amides is 1. The molecule has 1 saturated heterocycles. The van der Waals surface area contributed by atoms with Crippen molar-refractivity contribution in [3.63, 3.8) is 0 Å². The van der Waals surface area contributed by atoms with Crippen LogP contribution in [-0.2, 0) is 11.3 Å². The highest BCUT2D eigenvalue weighted by molar-refractivity contribution is 5.75. The number of carbonyl (C=O) groups excluding carboxylic acids is 1. The first-order valence-electron chi connectivity index (χ1n) is 7.85. The Kier molecular flexibility index (Phi) is 4.46. The topological polar surface area (TPSA) is 63.9 Å². The molecule has 6 heteroatoms. The van der Waals surface area contributed by atoms with Crippen molar-refractivity contribution in [2.45, 2.75) is 39.2 Å². The Balaban J connectivity index is 1.69. The van der Waals surface area contributed by atoms with Gasteiger partial charge in [0.15, 0.2) is 0 Å². The molecule has 0 unspecified atom stereocenters. The number of hydrogen-bond acceptors (Lipinski definition) is 4. The number of likely N-dealkylation sites (tertiary alicyclic amines) is 1. The zero-order valence-electron chi connectivity index (χ0n) is 12.9. The van der Waals surface area contributed by atoms with Crippen molar-refractivity contribution in [3.05, 3.63) is 29.8 Å². The van der Waals surface area contributed by atoms with Crippen molar-refractivity contribution >= 4 is 5.91 Å². The largest absolute Gasteiger partial charge is 0.341 e. The molecule has 2 aromatic rings. The third-order valence-electron chi connectivity index (χ3n) is 4.07. The maximum Gasteiger partial charge on any atom is 0.246 e. The van der Waals surface area contributed by atoms with Crippen LogP contribution < -0.4 is 0 Å². The van der Waals surface area contributed by atoms with Crippen LogP contribution in [0.4, 0.5) is 0 Å². The average Bonchev–Trinajstić information content (AvgIpc) is 2.81. The number of hydrogen-bond donors (Lipinski definition) is 0. The Morgan fingerprint density at radius 1 is 1.14 bits per heavy atom. The SMILES string of the molecule is Cc1ccccc1-c1nnn(CC(=O)N2CCCCCC2)n1. The van der Waals surface area contributed by atoms with E-state index in [9.17, 15) is 4.79 Å². The number of benzene rings is 1. The molecule has 1 aliphatic rings. The van der Waals surface area contributed by atoms with Crippen molar-refractivity contribution < 1.29 is 4.79 Å². The maximum absolute atomic E-state index is 12.3. The molecule has 116 valence electrons. The fourth-order valence-electron chi connectivity index (χ4n) is 2.78. The molecule has 1 fully saturated rings. The molecular weight excluding hydrogens is 278 g/mol. The molecule has 0 spiro atoms. The van der Waals surface area contributed by atoms with Crippen LogP contribution in [0.5, 0.6) is 0 Å². The average molecular weight is 299 g/mol. The summed E-state index contributed by atoms with van der Waals surface area (Å²) in [6, 6.07) is 7.91. The summed E-state index contributed by atoms with van der Waals surface area (Å²) in [5.74, 6) is 0.650. The van der Waals surface area contributed by atoms with Gasteiger partial charge in [-0.15, -0.1) is 10.2 Å². The van der Waals surface area contributed by atoms with E-state index >= 15 is 0 Å². The Morgan fingerprint density at radius 2 is 1.86 bits per heavy atom. The minimum Gasteiger partial charge on any atom is -0.341 e. The first-order valence-corrected chi connectivity index (χ1v) is 7.85. The van der Waals surface area contributed by atoms with Crippen LogP contribution in [-0.4, -0.2) is 44.1 Å². The third kappa shape index (κ3) is 3.32. The van der Waals surface area contributed by atoms with E-state index in [1.54, 1.807) is 0 Å². The summed E-state index contributed by atoms with van der Waals surface area (Å²) in [6.45, 7) is 3.87. The predicted molar refractivity (Wildman–Crippen MR) is 83.0 cm³/mol. The Labute approximate surface area is 130 Å². The lowest BCUT2D eigenvalue weighted by atomic mass is 10.1. The van der Waals surface area contributed by atoms with Crippen LogP contribution in [0, 0.1) is 6.92 Å². The first-order chi connectivity index (χ1) is 10.7. The normalized spacial score (nSPS) is 15.6. The highest BCUT2D eigenvalue weighted by Crippen LogP contribution is 2.18. The van der Waals surface area contributed by atoms with Crippen molar-refractivity contribution in [2.75, 3.05) is 13.1 Å². The Hall–Kier alpha value is -2.24. The van der Waals surface area contributed by atoms with Crippen LogP contribution in [0.3, 0.4) is 0 Å². The summed E-state index contributed by atoms with van der Waals surface area (Å²) in [4.78, 5) is 15.6. The molecular formula is C16H21N5O. The smallest absolute Gasteiger partial charge is 0.246 e. The lowest BCUT2D eigenvalue weighted by Crippen LogP contribution is -2.35. The molecule has 0 N–H and O–H groups in total. The van der Waals surface area contributed by atoms with Gasteiger partial charge in [0.25, 0.3) is 0 Å². The van der Waals surface area contributed by atoms with Gasteiger partial charge in [0.05, 0.1) is 0 Å². The first kappa shape index (κ1) is 14.7. The van der Waals surface area contributed by atoms with Crippen molar-refractivity contribution in [1.82, 2.24) is 25.1 Å². The third-order valence-corrected chi connectivity index (χ3v) is 4.07. The standard InChI is InChI=1S/C16H21N5O/c1-13-8-4-5-9-14(13)16-17-19-21(18-16)12-15(22)20-10-6-2-3-7-11-20/h4-5,8-9H,2-3,6-7,10-12H2,1H3. The predicted octanol–water partition coefficient (Wildman–Crippen LogP) is 2.05. The monoisotopic (exact) mass is 299 g/mol.